The lowest BCUT2D eigenvalue weighted by Crippen LogP contribution is -2.33. The van der Waals surface area contributed by atoms with Crippen LogP contribution >= 0.6 is 35.1 Å². The Labute approximate surface area is 133 Å². The molecule has 0 rings (SSSR count). The van der Waals surface area contributed by atoms with Crippen LogP contribution in [0.1, 0.15) is 13.8 Å². The van der Waals surface area contributed by atoms with Crippen molar-refractivity contribution in [3.8, 4) is 0 Å². The Balaban J connectivity index is 4.49. The molecule has 0 N–H and O–H groups in total. The zero-order valence-corrected chi connectivity index (χ0v) is 14.8. The molecule has 0 heterocycles. The molecule has 0 aliphatic rings. The van der Waals surface area contributed by atoms with Gasteiger partial charge in [-0.3, -0.25) is 9.14 Å². The lowest BCUT2D eigenvalue weighted by atomic mass is 10.2. The average molecular weight is 365 g/mol. The standard InChI is InChI=1S/C10H18Cl2N2O4S2/c1-10(2,20(4,16)17)7-13-18-9(15)14(3)19-8(5-11)6-12/h7-8H,5-6H2,1-4H3/b13-7+. The predicted molar refractivity (Wildman–Crippen MR) is 84.5 cm³/mol. The summed E-state index contributed by atoms with van der Waals surface area (Å²) in [5, 5.41) is 3.28. The van der Waals surface area contributed by atoms with Crippen molar-refractivity contribution in [2.75, 3.05) is 25.1 Å². The number of hydrogen-bond donors (Lipinski definition) is 0. The molecular weight excluding hydrogens is 347 g/mol. The van der Waals surface area contributed by atoms with Gasteiger partial charge in [-0.2, -0.15) is 0 Å². The fourth-order valence-electron chi connectivity index (χ4n) is 0.716. The molecule has 0 saturated heterocycles. The number of halogens is 2. The van der Waals surface area contributed by atoms with Gasteiger partial charge < -0.3 is 0 Å². The normalized spacial score (nSPS) is 12.9. The molecule has 6 nitrogen and oxygen atoms in total. The minimum Gasteiger partial charge on any atom is -0.298 e. The summed E-state index contributed by atoms with van der Waals surface area (Å²) in [6.07, 6.45) is 1.41. The van der Waals surface area contributed by atoms with E-state index in [1.165, 1.54) is 25.2 Å². The van der Waals surface area contributed by atoms with Crippen molar-refractivity contribution in [2.24, 2.45) is 5.16 Å². The molecule has 0 spiro atoms. The summed E-state index contributed by atoms with van der Waals surface area (Å²) >= 11 is 12.4. The summed E-state index contributed by atoms with van der Waals surface area (Å²) in [4.78, 5) is 16.2. The molecular formula is C10H18Cl2N2O4S2. The van der Waals surface area contributed by atoms with Crippen LogP contribution in [0.2, 0.25) is 0 Å². The quantitative estimate of drug-likeness (QED) is 0.228. The fourth-order valence-corrected chi connectivity index (χ4v) is 2.30. The van der Waals surface area contributed by atoms with Crippen LogP contribution in [-0.4, -0.2) is 60.1 Å². The molecule has 118 valence electrons. The van der Waals surface area contributed by atoms with E-state index in [1.54, 1.807) is 0 Å². The molecule has 0 aromatic rings. The van der Waals surface area contributed by atoms with Crippen molar-refractivity contribution in [1.29, 1.82) is 0 Å². The van der Waals surface area contributed by atoms with Gasteiger partial charge in [0, 0.05) is 25.1 Å². The number of nitrogens with zero attached hydrogens (tertiary/aromatic N) is 2. The molecule has 10 heteroatoms. The Bertz CT molecular complexity index is 450. The Hall–Kier alpha value is -0.180. The number of amides is 1. The van der Waals surface area contributed by atoms with E-state index in [2.05, 4.69) is 9.99 Å². The highest BCUT2D eigenvalue weighted by Crippen LogP contribution is 2.19. The topological polar surface area (TPSA) is 76.0 Å². The summed E-state index contributed by atoms with van der Waals surface area (Å²) in [6, 6.07) is 0. The number of carbonyl (C=O) groups excluding carboxylic acids is 1. The number of carbonyl (C=O) groups is 1. The van der Waals surface area contributed by atoms with Crippen molar-refractivity contribution in [1.82, 2.24) is 4.31 Å². The third-order valence-corrected chi connectivity index (χ3v) is 6.58. The zero-order valence-electron chi connectivity index (χ0n) is 11.7. The maximum Gasteiger partial charge on any atom is 0.445 e. The van der Waals surface area contributed by atoms with Gasteiger partial charge in [-0.15, -0.1) is 23.2 Å². The third-order valence-electron chi connectivity index (χ3n) is 2.36. The second-order valence-corrected chi connectivity index (χ2v) is 9.14. The van der Waals surface area contributed by atoms with E-state index in [4.69, 9.17) is 23.2 Å². The van der Waals surface area contributed by atoms with E-state index >= 15 is 0 Å². The summed E-state index contributed by atoms with van der Waals surface area (Å²) in [5.41, 5.74) is 0. The van der Waals surface area contributed by atoms with E-state index in [-0.39, 0.29) is 17.0 Å². The summed E-state index contributed by atoms with van der Waals surface area (Å²) in [5.74, 6) is 0.576. The van der Waals surface area contributed by atoms with E-state index in [1.807, 2.05) is 0 Å². The lowest BCUT2D eigenvalue weighted by molar-refractivity contribution is 0.137. The molecule has 0 aromatic carbocycles. The van der Waals surface area contributed by atoms with Crippen LogP contribution in [0.5, 0.6) is 0 Å². The number of alkyl halides is 2. The predicted octanol–water partition coefficient (Wildman–Crippen LogP) is 2.36. The van der Waals surface area contributed by atoms with Gasteiger partial charge in [0.15, 0.2) is 9.84 Å². The van der Waals surface area contributed by atoms with Gasteiger partial charge in [-0.1, -0.05) is 5.16 Å². The highest BCUT2D eigenvalue weighted by molar-refractivity contribution is 7.98. The Morgan fingerprint density at radius 1 is 1.45 bits per heavy atom. The number of sulfone groups is 1. The SMILES string of the molecule is CN(SC(CCl)CCl)C(=O)O/N=C/C(C)(C)S(C)(=O)=O. The smallest absolute Gasteiger partial charge is 0.298 e. The van der Waals surface area contributed by atoms with Crippen LogP contribution < -0.4 is 0 Å². The van der Waals surface area contributed by atoms with Crippen LogP contribution in [0.15, 0.2) is 5.16 Å². The Morgan fingerprint density at radius 2 is 1.95 bits per heavy atom. The molecule has 0 aliphatic carbocycles. The minimum atomic E-state index is -3.34. The second-order valence-electron chi connectivity index (χ2n) is 4.50. The van der Waals surface area contributed by atoms with Crippen LogP contribution in [-0.2, 0) is 14.7 Å². The molecule has 0 unspecified atom stereocenters. The van der Waals surface area contributed by atoms with Crippen molar-refractivity contribution in [3.05, 3.63) is 0 Å². The first kappa shape index (κ1) is 19.8. The maximum absolute atomic E-state index is 11.6. The first-order valence-electron chi connectivity index (χ1n) is 5.52. The molecule has 20 heavy (non-hydrogen) atoms. The first-order chi connectivity index (χ1) is 9.05. The van der Waals surface area contributed by atoms with Gasteiger partial charge in [-0.05, 0) is 25.8 Å². The van der Waals surface area contributed by atoms with E-state index < -0.39 is 20.7 Å². The zero-order chi connectivity index (χ0) is 16.0. The molecule has 0 radical (unpaired) electrons. The summed E-state index contributed by atoms with van der Waals surface area (Å²) in [6.45, 7) is 2.91. The molecule has 0 aliphatic heterocycles. The molecule has 0 saturated carbocycles. The van der Waals surface area contributed by atoms with Gasteiger partial charge in [0.1, 0.15) is 4.75 Å². The van der Waals surface area contributed by atoms with Gasteiger partial charge in [0.25, 0.3) is 0 Å². The molecule has 0 aromatic heterocycles. The Kier molecular flexibility index (Phi) is 8.23. The fraction of sp³-hybridized carbons (Fsp3) is 0.800. The van der Waals surface area contributed by atoms with Crippen molar-refractivity contribution in [3.63, 3.8) is 0 Å². The molecule has 1 amide bonds. The largest absolute Gasteiger partial charge is 0.445 e. The van der Waals surface area contributed by atoms with Crippen LogP contribution in [0, 0.1) is 0 Å². The summed E-state index contributed by atoms with van der Waals surface area (Å²) in [7, 11) is -1.86. The minimum absolute atomic E-state index is 0.132. The molecule has 0 fully saturated rings. The van der Waals surface area contributed by atoms with Crippen LogP contribution in [0.3, 0.4) is 0 Å². The third kappa shape index (κ3) is 6.51. The lowest BCUT2D eigenvalue weighted by Gasteiger charge is -2.18. The van der Waals surface area contributed by atoms with Gasteiger partial charge in [0.05, 0.1) is 11.5 Å². The summed E-state index contributed by atoms with van der Waals surface area (Å²) < 4.78 is 22.8. The molecule has 0 bridgehead atoms. The van der Waals surface area contributed by atoms with E-state index in [0.29, 0.717) is 0 Å². The van der Waals surface area contributed by atoms with Gasteiger partial charge in [-0.25, -0.2) is 13.2 Å². The van der Waals surface area contributed by atoms with E-state index in [9.17, 15) is 13.2 Å². The van der Waals surface area contributed by atoms with E-state index in [0.717, 1.165) is 24.4 Å². The van der Waals surface area contributed by atoms with Crippen LogP contribution in [0.25, 0.3) is 0 Å². The monoisotopic (exact) mass is 364 g/mol. The number of oxime groups is 1. The number of hydrogen-bond acceptors (Lipinski definition) is 6. The highest BCUT2D eigenvalue weighted by Gasteiger charge is 2.28. The Morgan fingerprint density at radius 3 is 2.35 bits per heavy atom. The van der Waals surface area contributed by atoms with Gasteiger partial charge in [0.2, 0.25) is 0 Å². The van der Waals surface area contributed by atoms with Gasteiger partial charge >= 0.3 is 6.09 Å². The first-order valence-corrected chi connectivity index (χ1v) is 9.32. The highest BCUT2D eigenvalue weighted by atomic mass is 35.5. The van der Waals surface area contributed by atoms with Crippen molar-refractivity contribution >= 4 is 57.3 Å². The average Bonchev–Trinajstić information content (AvgIpc) is 2.33. The molecule has 0 atom stereocenters. The van der Waals surface area contributed by atoms with Crippen molar-refractivity contribution < 1.29 is 18.0 Å². The second kappa shape index (κ2) is 8.31. The maximum atomic E-state index is 11.6. The number of rotatable bonds is 7. The van der Waals surface area contributed by atoms with Crippen molar-refractivity contribution in [2.45, 2.75) is 23.8 Å². The van der Waals surface area contributed by atoms with Crippen LogP contribution in [0.4, 0.5) is 4.79 Å².